The molecule has 0 unspecified atom stereocenters. The quantitative estimate of drug-likeness (QED) is 0.594. The third-order valence-electron chi connectivity index (χ3n) is 6.63. The Kier molecular flexibility index (Phi) is 6.14. The fourth-order valence-corrected chi connectivity index (χ4v) is 4.80. The maximum Gasteiger partial charge on any atom is 0.343 e. The topological polar surface area (TPSA) is 35.5 Å². The van der Waals surface area contributed by atoms with Gasteiger partial charge in [0.2, 0.25) is 0 Å². The molecular formula is C25H34O3. The molecule has 4 atom stereocenters. The molecule has 1 fully saturated rings. The summed E-state index contributed by atoms with van der Waals surface area (Å²) in [6.45, 7) is 10.6. The Labute approximate surface area is 169 Å². The van der Waals surface area contributed by atoms with Crippen molar-refractivity contribution in [1.82, 2.24) is 0 Å². The van der Waals surface area contributed by atoms with E-state index in [9.17, 15) is 4.79 Å². The molecule has 0 saturated heterocycles. The minimum atomic E-state index is -1.13. The average molecular weight is 383 g/mol. The van der Waals surface area contributed by atoms with E-state index < -0.39 is 5.60 Å². The van der Waals surface area contributed by atoms with Crippen molar-refractivity contribution in [2.24, 2.45) is 17.8 Å². The van der Waals surface area contributed by atoms with Crippen LogP contribution in [0.4, 0.5) is 0 Å². The monoisotopic (exact) mass is 382 g/mol. The van der Waals surface area contributed by atoms with E-state index >= 15 is 0 Å². The number of aryl methyl sites for hydroxylation is 1. The largest absolute Gasteiger partial charge is 0.460 e. The van der Waals surface area contributed by atoms with Gasteiger partial charge in [0.1, 0.15) is 6.10 Å². The second-order valence-electron chi connectivity index (χ2n) is 8.99. The third-order valence-corrected chi connectivity index (χ3v) is 6.63. The van der Waals surface area contributed by atoms with Crippen molar-refractivity contribution in [2.45, 2.75) is 65.6 Å². The Hall–Kier alpha value is -1.87. The van der Waals surface area contributed by atoms with Crippen LogP contribution in [0.1, 0.15) is 58.1 Å². The van der Waals surface area contributed by atoms with Crippen LogP contribution in [0, 0.1) is 24.7 Å². The van der Waals surface area contributed by atoms with Crippen molar-refractivity contribution >= 4 is 16.7 Å². The van der Waals surface area contributed by atoms with Crippen LogP contribution in [0.5, 0.6) is 0 Å². The van der Waals surface area contributed by atoms with Gasteiger partial charge >= 0.3 is 5.97 Å². The number of carbonyl (C=O) groups is 1. The molecule has 0 spiro atoms. The summed E-state index contributed by atoms with van der Waals surface area (Å²) >= 11 is 0. The fraction of sp³-hybridized carbons (Fsp3) is 0.560. The molecule has 152 valence electrons. The summed E-state index contributed by atoms with van der Waals surface area (Å²) in [6.07, 6.45) is 3.22. The third kappa shape index (κ3) is 3.82. The highest BCUT2D eigenvalue weighted by molar-refractivity contribution is 5.93. The molecule has 1 aliphatic rings. The van der Waals surface area contributed by atoms with E-state index in [-0.39, 0.29) is 12.1 Å². The van der Waals surface area contributed by atoms with Gasteiger partial charge in [-0.05, 0) is 60.8 Å². The fourth-order valence-electron chi connectivity index (χ4n) is 4.80. The summed E-state index contributed by atoms with van der Waals surface area (Å²) in [5.74, 6) is 1.22. The number of carbonyl (C=O) groups excluding carboxylic acids is 1. The molecule has 1 aliphatic carbocycles. The van der Waals surface area contributed by atoms with Crippen molar-refractivity contribution < 1.29 is 14.3 Å². The lowest BCUT2D eigenvalue weighted by molar-refractivity contribution is -0.180. The maximum atomic E-state index is 13.5. The van der Waals surface area contributed by atoms with Gasteiger partial charge in [0.05, 0.1) is 0 Å². The summed E-state index contributed by atoms with van der Waals surface area (Å²) in [4.78, 5) is 13.5. The summed E-state index contributed by atoms with van der Waals surface area (Å²) in [5.41, 5.74) is 0.813. The number of esters is 1. The van der Waals surface area contributed by atoms with E-state index in [1.54, 1.807) is 7.11 Å². The Balaban J connectivity index is 1.98. The lowest BCUT2D eigenvalue weighted by atomic mass is 9.75. The molecule has 0 amide bonds. The van der Waals surface area contributed by atoms with Gasteiger partial charge in [0, 0.05) is 12.7 Å². The van der Waals surface area contributed by atoms with Crippen molar-refractivity contribution in [3.05, 3.63) is 47.5 Å². The first-order valence-electron chi connectivity index (χ1n) is 10.5. The van der Waals surface area contributed by atoms with Crippen molar-refractivity contribution in [3.8, 4) is 0 Å². The van der Waals surface area contributed by atoms with Crippen LogP contribution < -0.4 is 0 Å². The zero-order chi connectivity index (χ0) is 20.5. The van der Waals surface area contributed by atoms with Crippen LogP contribution in [0.25, 0.3) is 10.8 Å². The molecule has 3 nitrogen and oxygen atoms in total. The van der Waals surface area contributed by atoms with Crippen molar-refractivity contribution in [1.29, 1.82) is 0 Å². The molecule has 0 bridgehead atoms. The maximum absolute atomic E-state index is 13.5. The van der Waals surface area contributed by atoms with Crippen molar-refractivity contribution in [3.63, 3.8) is 0 Å². The van der Waals surface area contributed by atoms with Crippen molar-refractivity contribution in [2.75, 3.05) is 7.11 Å². The first-order valence-corrected chi connectivity index (χ1v) is 10.5. The van der Waals surface area contributed by atoms with Crippen LogP contribution >= 0.6 is 0 Å². The van der Waals surface area contributed by atoms with Gasteiger partial charge in [-0.1, -0.05) is 63.6 Å². The zero-order valence-corrected chi connectivity index (χ0v) is 18.1. The van der Waals surface area contributed by atoms with Gasteiger partial charge in [-0.3, -0.25) is 0 Å². The number of benzene rings is 2. The van der Waals surface area contributed by atoms with Crippen LogP contribution in [0.3, 0.4) is 0 Å². The number of fused-ring (bicyclic) bond motifs is 1. The molecule has 0 radical (unpaired) electrons. The molecule has 0 aromatic heterocycles. The number of ether oxygens (including phenoxy) is 2. The normalized spacial score (nSPS) is 24.9. The van der Waals surface area contributed by atoms with Gasteiger partial charge in [-0.15, -0.1) is 0 Å². The van der Waals surface area contributed by atoms with Gasteiger partial charge in [-0.2, -0.15) is 0 Å². The smallest absolute Gasteiger partial charge is 0.343 e. The lowest BCUT2D eigenvalue weighted by Crippen LogP contribution is -2.43. The Morgan fingerprint density at radius 1 is 1.14 bits per heavy atom. The highest BCUT2D eigenvalue weighted by atomic mass is 16.6. The molecule has 3 rings (SSSR count). The Morgan fingerprint density at radius 2 is 1.86 bits per heavy atom. The molecule has 0 aliphatic heterocycles. The second-order valence-corrected chi connectivity index (χ2v) is 8.99. The second kappa shape index (κ2) is 8.24. The Bertz CT molecular complexity index is 841. The lowest BCUT2D eigenvalue weighted by Gasteiger charge is -2.39. The van der Waals surface area contributed by atoms with Crippen LogP contribution in [0.15, 0.2) is 36.4 Å². The number of hydrogen-bond donors (Lipinski definition) is 0. The zero-order valence-electron chi connectivity index (χ0n) is 18.1. The van der Waals surface area contributed by atoms with E-state index in [4.69, 9.17) is 9.47 Å². The molecule has 0 heterocycles. The van der Waals surface area contributed by atoms with E-state index in [0.717, 1.165) is 34.7 Å². The Morgan fingerprint density at radius 3 is 2.54 bits per heavy atom. The van der Waals surface area contributed by atoms with Crippen LogP contribution in [0.2, 0.25) is 0 Å². The number of methoxy groups -OCH3 is 1. The van der Waals surface area contributed by atoms with Gasteiger partial charge in [0.15, 0.2) is 5.60 Å². The van der Waals surface area contributed by atoms with E-state index in [2.05, 4.69) is 45.0 Å². The number of rotatable bonds is 5. The highest BCUT2D eigenvalue weighted by Gasteiger charge is 2.43. The first kappa shape index (κ1) is 20.9. The molecule has 2 aromatic rings. The van der Waals surface area contributed by atoms with Crippen LogP contribution in [-0.2, 0) is 19.9 Å². The highest BCUT2D eigenvalue weighted by Crippen LogP contribution is 2.39. The predicted octanol–water partition coefficient (Wildman–Crippen LogP) is 6.01. The molecule has 3 heteroatoms. The van der Waals surface area contributed by atoms with Gasteiger partial charge < -0.3 is 9.47 Å². The van der Waals surface area contributed by atoms with E-state index in [1.165, 1.54) is 6.42 Å². The summed E-state index contributed by atoms with van der Waals surface area (Å²) in [5, 5.41) is 2.15. The molecule has 0 N–H and O–H groups in total. The summed E-state index contributed by atoms with van der Waals surface area (Å²) in [6, 6.07) is 12.3. The van der Waals surface area contributed by atoms with Crippen LogP contribution in [-0.4, -0.2) is 19.2 Å². The standard InChI is InChI=1S/C25H34O3/c1-16(2)20-14-11-17(3)15-22(20)28-24(26)25(5,27-6)23-18(4)12-13-19-9-7-8-10-21(19)23/h7-10,12-13,16-17,20,22H,11,14-15H2,1-6H3/t17-,20+,22-,25-/m1/s1. The first-order chi connectivity index (χ1) is 13.3. The molecule has 28 heavy (non-hydrogen) atoms. The average Bonchev–Trinajstić information content (AvgIpc) is 2.67. The van der Waals surface area contributed by atoms with E-state index in [1.807, 2.05) is 26.0 Å². The van der Waals surface area contributed by atoms with E-state index in [0.29, 0.717) is 17.8 Å². The summed E-state index contributed by atoms with van der Waals surface area (Å²) in [7, 11) is 1.60. The number of hydrogen-bond acceptors (Lipinski definition) is 3. The molecule has 1 saturated carbocycles. The summed E-state index contributed by atoms with van der Waals surface area (Å²) < 4.78 is 12.1. The van der Waals surface area contributed by atoms with Gasteiger partial charge in [-0.25, -0.2) is 4.79 Å². The molecule has 2 aromatic carbocycles. The molecular weight excluding hydrogens is 348 g/mol. The SMILES string of the molecule is CO[C@@](C)(C(=O)O[C@@H]1C[C@H](C)CC[C@H]1C(C)C)c1c(C)ccc2ccccc12. The predicted molar refractivity (Wildman–Crippen MR) is 114 cm³/mol. The minimum Gasteiger partial charge on any atom is -0.460 e. The minimum absolute atomic E-state index is 0.0407. The van der Waals surface area contributed by atoms with Gasteiger partial charge in [0.25, 0.3) is 0 Å².